The molecule has 12 heavy (non-hydrogen) atoms. The van der Waals surface area contributed by atoms with E-state index in [4.69, 9.17) is 13.6 Å². The summed E-state index contributed by atoms with van der Waals surface area (Å²) in [7, 11) is 0. The SMILES string of the molecule is c1coc(COc2ncco2)n1. The number of rotatable bonds is 3. The summed E-state index contributed by atoms with van der Waals surface area (Å²) in [5.41, 5.74) is 0. The molecule has 0 saturated heterocycles. The summed E-state index contributed by atoms with van der Waals surface area (Å²) < 4.78 is 14.8. The van der Waals surface area contributed by atoms with Gasteiger partial charge in [0.15, 0.2) is 6.61 Å². The molecule has 0 aromatic carbocycles. The molecule has 0 aliphatic carbocycles. The molecular weight excluding hydrogens is 160 g/mol. The van der Waals surface area contributed by atoms with Gasteiger partial charge in [-0.1, -0.05) is 0 Å². The van der Waals surface area contributed by atoms with E-state index in [0.29, 0.717) is 5.89 Å². The van der Waals surface area contributed by atoms with Crippen molar-refractivity contribution in [3.05, 3.63) is 30.8 Å². The Morgan fingerprint density at radius 1 is 1.17 bits per heavy atom. The molecule has 2 aromatic rings. The molecule has 0 atom stereocenters. The van der Waals surface area contributed by atoms with E-state index < -0.39 is 0 Å². The molecule has 0 N–H and O–H groups in total. The largest absolute Gasteiger partial charge is 0.446 e. The van der Waals surface area contributed by atoms with Gasteiger partial charge in [0.25, 0.3) is 0 Å². The van der Waals surface area contributed by atoms with E-state index in [9.17, 15) is 0 Å². The number of hydrogen-bond acceptors (Lipinski definition) is 5. The summed E-state index contributed by atoms with van der Waals surface area (Å²) in [4.78, 5) is 7.61. The maximum Gasteiger partial charge on any atom is 0.393 e. The molecule has 0 spiro atoms. The fraction of sp³-hybridized carbons (Fsp3) is 0.143. The Bertz CT molecular complexity index is 280. The maximum atomic E-state index is 5.06. The fourth-order valence-corrected chi connectivity index (χ4v) is 0.729. The van der Waals surface area contributed by atoms with Crippen LogP contribution in [0.2, 0.25) is 0 Å². The van der Waals surface area contributed by atoms with E-state index >= 15 is 0 Å². The third-order valence-electron chi connectivity index (χ3n) is 1.21. The molecule has 0 saturated carbocycles. The fourth-order valence-electron chi connectivity index (χ4n) is 0.729. The number of hydrogen-bond donors (Lipinski definition) is 0. The lowest BCUT2D eigenvalue weighted by atomic mass is 10.7. The Labute approximate surface area is 68.0 Å². The van der Waals surface area contributed by atoms with Gasteiger partial charge in [0.2, 0.25) is 5.89 Å². The van der Waals surface area contributed by atoms with Gasteiger partial charge in [-0.15, -0.1) is 0 Å². The van der Waals surface area contributed by atoms with E-state index in [-0.39, 0.29) is 12.7 Å². The van der Waals surface area contributed by atoms with Crippen LogP contribution in [0.5, 0.6) is 6.08 Å². The van der Waals surface area contributed by atoms with Crippen LogP contribution in [0.3, 0.4) is 0 Å². The lowest BCUT2D eigenvalue weighted by Crippen LogP contribution is -1.94. The van der Waals surface area contributed by atoms with E-state index in [1.165, 1.54) is 18.7 Å². The minimum Gasteiger partial charge on any atom is -0.446 e. The second-order valence-electron chi connectivity index (χ2n) is 2.01. The van der Waals surface area contributed by atoms with Crippen molar-refractivity contribution in [2.24, 2.45) is 0 Å². The van der Waals surface area contributed by atoms with Crippen LogP contribution < -0.4 is 4.74 Å². The van der Waals surface area contributed by atoms with Crippen molar-refractivity contribution in [1.82, 2.24) is 9.97 Å². The van der Waals surface area contributed by atoms with Crippen LogP contribution in [-0.4, -0.2) is 9.97 Å². The summed E-state index contributed by atoms with van der Waals surface area (Å²) in [5.74, 6) is 0.494. The molecule has 2 heterocycles. The van der Waals surface area contributed by atoms with Crippen LogP contribution in [-0.2, 0) is 6.61 Å². The van der Waals surface area contributed by atoms with Crippen LogP contribution in [0.4, 0.5) is 0 Å². The smallest absolute Gasteiger partial charge is 0.393 e. The zero-order valence-electron chi connectivity index (χ0n) is 6.14. The average Bonchev–Trinajstić information content (AvgIpc) is 2.74. The van der Waals surface area contributed by atoms with Crippen molar-refractivity contribution in [3.63, 3.8) is 0 Å². The molecule has 62 valence electrons. The van der Waals surface area contributed by atoms with Gasteiger partial charge in [-0.05, 0) is 0 Å². The van der Waals surface area contributed by atoms with Crippen molar-refractivity contribution in [2.75, 3.05) is 0 Å². The molecule has 0 aliphatic rings. The Morgan fingerprint density at radius 3 is 2.67 bits per heavy atom. The van der Waals surface area contributed by atoms with Gasteiger partial charge in [-0.25, -0.2) is 4.98 Å². The number of oxazole rings is 2. The highest BCUT2D eigenvalue weighted by molar-refractivity contribution is 4.86. The first-order valence-corrected chi connectivity index (χ1v) is 3.36. The molecule has 0 bridgehead atoms. The highest BCUT2D eigenvalue weighted by Gasteiger charge is 2.01. The monoisotopic (exact) mass is 166 g/mol. The van der Waals surface area contributed by atoms with Crippen LogP contribution in [0.15, 0.2) is 33.8 Å². The molecule has 5 heteroatoms. The first kappa shape index (κ1) is 6.90. The molecular formula is C7H6N2O3. The van der Waals surface area contributed by atoms with Gasteiger partial charge in [0, 0.05) is 0 Å². The molecule has 0 unspecified atom stereocenters. The summed E-state index contributed by atoms with van der Waals surface area (Å²) in [6, 6.07) is 0. The summed E-state index contributed by atoms with van der Waals surface area (Å²) >= 11 is 0. The highest BCUT2D eigenvalue weighted by atomic mass is 16.6. The minimum absolute atomic E-state index is 0.216. The van der Waals surface area contributed by atoms with Crippen molar-refractivity contribution in [1.29, 1.82) is 0 Å². The second-order valence-corrected chi connectivity index (χ2v) is 2.01. The molecule has 2 rings (SSSR count). The van der Waals surface area contributed by atoms with Gasteiger partial charge in [-0.2, -0.15) is 4.98 Å². The van der Waals surface area contributed by atoms with Crippen LogP contribution in [0.1, 0.15) is 5.89 Å². The van der Waals surface area contributed by atoms with Crippen molar-refractivity contribution >= 4 is 0 Å². The molecule has 2 aromatic heterocycles. The van der Waals surface area contributed by atoms with Crippen LogP contribution in [0.25, 0.3) is 0 Å². The first-order chi connectivity index (χ1) is 5.95. The average molecular weight is 166 g/mol. The van der Waals surface area contributed by atoms with Gasteiger partial charge < -0.3 is 13.6 Å². The third-order valence-corrected chi connectivity index (χ3v) is 1.21. The summed E-state index contributed by atoms with van der Waals surface area (Å²) in [5, 5.41) is 0. The second kappa shape index (κ2) is 3.08. The highest BCUT2D eigenvalue weighted by Crippen LogP contribution is 2.07. The standard InChI is InChI=1S/C7H6N2O3/c1-3-10-6(8-1)5-12-7-9-2-4-11-7/h1-4H,5H2. The number of aromatic nitrogens is 2. The van der Waals surface area contributed by atoms with Gasteiger partial charge in [0.05, 0.1) is 12.4 Å². The minimum atomic E-state index is 0.216. The van der Waals surface area contributed by atoms with Gasteiger partial charge in [-0.3, -0.25) is 0 Å². The lowest BCUT2D eigenvalue weighted by molar-refractivity contribution is 0.196. The Kier molecular flexibility index (Phi) is 1.77. The van der Waals surface area contributed by atoms with Crippen LogP contribution >= 0.6 is 0 Å². The molecule has 0 aliphatic heterocycles. The quantitative estimate of drug-likeness (QED) is 0.686. The Balaban J connectivity index is 1.91. The predicted molar refractivity (Wildman–Crippen MR) is 37.3 cm³/mol. The Hall–Kier alpha value is -1.78. The zero-order valence-corrected chi connectivity index (χ0v) is 6.14. The number of ether oxygens (including phenoxy) is 1. The molecule has 0 radical (unpaired) electrons. The predicted octanol–water partition coefficient (Wildman–Crippen LogP) is 1.24. The van der Waals surface area contributed by atoms with Gasteiger partial charge in [0.1, 0.15) is 12.5 Å². The normalized spacial score (nSPS) is 10.0. The number of nitrogens with zero attached hydrogens (tertiary/aromatic N) is 2. The van der Waals surface area contributed by atoms with E-state index in [1.807, 2.05) is 0 Å². The maximum absolute atomic E-state index is 5.06. The summed E-state index contributed by atoms with van der Waals surface area (Å²) in [6.45, 7) is 0.230. The lowest BCUT2D eigenvalue weighted by Gasteiger charge is -1.94. The van der Waals surface area contributed by atoms with Crippen molar-refractivity contribution < 1.29 is 13.6 Å². The summed E-state index contributed by atoms with van der Waals surface area (Å²) in [6.07, 6.45) is 6.19. The first-order valence-electron chi connectivity index (χ1n) is 3.36. The zero-order chi connectivity index (χ0) is 8.23. The third kappa shape index (κ3) is 1.45. The van der Waals surface area contributed by atoms with E-state index in [0.717, 1.165) is 0 Å². The topological polar surface area (TPSA) is 61.3 Å². The van der Waals surface area contributed by atoms with E-state index in [2.05, 4.69) is 9.97 Å². The molecule has 5 nitrogen and oxygen atoms in total. The van der Waals surface area contributed by atoms with Crippen molar-refractivity contribution in [2.45, 2.75) is 6.61 Å². The van der Waals surface area contributed by atoms with Crippen LogP contribution in [0, 0.1) is 0 Å². The molecule has 0 fully saturated rings. The van der Waals surface area contributed by atoms with E-state index in [1.54, 1.807) is 6.20 Å². The van der Waals surface area contributed by atoms with Gasteiger partial charge >= 0.3 is 6.08 Å². The molecule has 0 amide bonds. The van der Waals surface area contributed by atoms with Crippen molar-refractivity contribution in [3.8, 4) is 6.08 Å². The Morgan fingerprint density at radius 2 is 2.00 bits per heavy atom.